The number of aryl methyl sites for hydroxylation is 2. The van der Waals surface area contributed by atoms with Crippen LogP contribution in [-0.2, 0) is 4.74 Å². The van der Waals surface area contributed by atoms with Crippen molar-refractivity contribution in [2.45, 2.75) is 20.1 Å². The Hall–Kier alpha value is -2.17. The molecule has 1 fully saturated rings. The Bertz CT molecular complexity index is 727. The van der Waals surface area contributed by atoms with E-state index in [1.165, 1.54) is 11.1 Å². The summed E-state index contributed by atoms with van der Waals surface area (Å²) in [4.78, 5) is 14.7. The summed E-state index contributed by atoms with van der Waals surface area (Å²) in [5.41, 5.74) is 10.9. The second kappa shape index (κ2) is 6.52. The molecule has 4 heteroatoms. The zero-order chi connectivity index (χ0) is 16.4. The third-order valence-electron chi connectivity index (χ3n) is 4.43. The van der Waals surface area contributed by atoms with E-state index >= 15 is 0 Å². The molecular weight excluding hydrogens is 288 g/mol. The molecule has 2 aromatic carbocycles. The molecule has 0 radical (unpaired) electrons. The molecule has 1 aliphatic rings. The number of rotatable bonds is 3. The van der Waals surface area contributed by atoms with E-state index in [-0.39, 0.29) is 12.1 Å². The highest BCUT2D eigenvalue weighted by Crippen LogP contribution is 2.27. The molecule has 23 heavy (non-hydrogen) atoms. The summed E-state index contributed by atoms with van der Waals surface area (Å²) in [5.74, 6) is -0.0215. The Morgan fingerprint density at radius 3 is 2.74 bits per heavy atom. The molecule has 2 N–H and O–H groups in total. The van der Waals surface area contributed by atoms with Crippen molar-refractivity contribution in [3.05, 3.63) is 59.2 Å². The van der Waals surface area contributed by atoms with Crippen LogP contribution in [0.2, 0.25) is 0 Å². The summed E-state index contributed by atoms with van der Waals surface area (Å²) in [5, 5.41) is 0. The van der Waals surface area contributed by atoms with Crippen molar-refractivity contribution < 1.29 is 9.53 Å². The average Bonchev–Trinajstić information content (AvgIpc) is 3.05. The van der Waals surface area contributed by atoms with Gasteiger partial charge in [0.2, 0.25) is 0 Å². The molecule has 1 unspecified atom stereocenters. The maximum absolute atomic E-state index is 13.0. The molecule has 1 heterocycles. The minimum absolute atomic E-state index is 0.0215. The lowest BCUT2D eigenvalue weighted by atomic mass is 9.96. The normalized spacial score (nSPS) is 17.5. The van der Waals surface area contributed by atoms with E-state index in [9.17, 15) is 4.79 Å². The van der Waals surface area contributed by atoms with E-state index in [2.05, 4.69) is 32.0 Å². The maximum atomic E-state index is 13.0. The summed E-state index contributed by atoms with van der Waals surface area (Å²) in [7, 11) is 0. The largest absolute Gasteiger partial charge is 0.355 e. The van der Waals surface area contributed by atoms with Crippen LogP contribution in [0.1, 0.15) is 21.5 Å². The molecule has 1 aliphatic heterocycles. The molecule has 0 spiro atoms. The summed E-state index contributed by atoms with van der Waals surface area (Å²) in [6.45, 7) is 5.62. The van der Waals surface area contributed by atoms with Gasteiger partial charge >= 0.3 is 0 Å². The van der Waals surface area contributed by atoms with Gasteiger partial charge < -0.3 is 15.4 Å². The van der Waals surface area contributed by atoms with Gasteiger partial charge in [0.1, 0.15) is 6.23 Å². The minimum Gasteiger partial charge on any atom is -0.355 e. The first-order valence-electron chi connectivity index (χ1n) is 7.91. The number of ether oxygens (including phenoxy) is 1. The van der Waals surface area contributed by atoms with E-state index < -0.39 is 0 Å². The van der Waals surface area contributed by atoms with Gasteiger partial charge in [-0.2, -0.15) is 0 Å². The Morgan fingerprint density at radius 1 is 1.22 bits per heavy atom. The minimum atomic E-state index is -0.324. The monoisotopic (exact) mass is 310 g/mol. The summed E-state index contributed by atoms with van der Waals surface area (Å²) >= 11 is 0. The van der Waals surface area contributed by atoms with Gasteiger partial charge in [-0.15, -0.1) is 0 Å². The van der Waals surface area contributed by atoms with Crippen LogP contribution in [0.4, 0.5) is 0 Å². The van der Waals surface area contributed by atoms with Crippen molar-refractivity contribution in [2.75, 3.05) is 19.7 Å². The molecule has 2 aromatic rings. The van der Waals surface area contributed by atoms with Gasteiger partial charge in [-0.1, -0.05) is 36.4 Å². The predicted octanol–water partition coefficient (Wildman–Crippen LogP) is 2.73. The van der Waals surface area contributed by atoms with Crippen molar-refractivity contribution >= 4 is 5.91 Å². The summed E-state index contributed by atoms with van der Waals surface area (Å²) in [6.07, 6.45) is -0.324. The van der Waals surface area contributed by atoms with Crippen molar-refractivity contribution in [1.82, 2.24) is 4.90 Å². The van der Waals surface area contributed by atoms with Crippen molar-refractivity contribution in [3.63, 3.8) is 0 Å². The Morgan fingerprint density at radius 2 is 2.00 bits per heavy atom. The number of carbonyl (C=O) groups excluding carboxylic acids is 1. The lowest BCUT2D eigenvalue weighted by molar-refractivity contribution is 0.0329. The van der Waals surface area contributed by atoms with Gasteiger partial charge in [-0.3, -0.25) is 4.79 Å². The average molecular weight is 310 g/mol. The van der Waals surface area contributed by atoms with Crippen LogP contribution in [0.25, 0.3) is 11.1 Å². The second-order valence-electron chi connectivity index (χ2n) is 5.90. The first kappa shape index (κ1) is 15.7. The number of carbonyl (C=O) groups is 1. The lowest BCUT2D eigenvalue weighted by Gasteiger charge is -2.23. The SMILES string of the molecule is Cc1ccc(-c2ccccc2C(=O)N2CCOC2CN)cc1C. The van der Waals surface area contributed by atoms with Gasteiger partial charge in [-0.25, -0.2) is 0 Å². The van der Waals surface area contributed by atoms with Gasteiger partial charge in [0, 0.05) is 18.7 Å². The van der Waals surface area contributed by atoms with Gasteiger partial charge in [-0.05, 0) is 42.2 Å². The van der Waals surface area contributed by atoms with Crippen LogP contribution in [0, 0.1) is 13.8 Å². The molecule has 0 bridgehead atoms. The van der Waals surface area contributed by atoms with Gasteiger partial charge in [0.25, 0.3) is 5.91 Å². The number of benzene rings is 2. The molecule has 4 nitrogen and oxygen atoms in total. The molecule has 1 amide bonds. The number of nitrogens with two attached hydrogens (primary N) is 1. The number of hydrogen-bond donors (Lipinski definition) is 1. The van der Waals surface area contributed by atoms with Crippen molar-refractivity contribution in [1.29, 1.82) is 0 Å². The van der Waals surface area contributed by atoms with Gasteiger partial charge in [0.05, 0.1) is 6.61 Å². The molecule has 0 aliphatic carbocycles. The molecule has 1 atom stereocenters. The standard InChI is InChI=1S/C19H22N2O2/c1-13-7-8-15(11-14(13)2)16-5-3-4-6-17(16)19(22)21-9-10-23-18(21)12-20/h3-8,11,18H,9-10,12,20H2,1-2H3. The highest BCUT2D eigenvalue weighted by Gasteiger charge is 2.30. The topological polar surface area (TPSA) is 55.6 Å². The van der Waals surface area contributed by atoms with E-state index in [1.807, 2.05) is 24.3 Å². The molecule has 0 aromatic heterocycles. The quantitative estimate of drug-likeness (QED) is 0.948. The third kappa shape index (κ3) is 3.00. The Kier molecular flexibility index (Phi) is 4.46. The smallest absolute Gasteiger partial charge is 0.256 e. The van der Waals surface area contributed by atoms with Crippen molar-refractivity contribution in [3.8, 4) is 11.1 Å². The fourth-order valence-electron chi connectivity index (χ4n) is 2.93. The van der Waals surface area contributed by atoms with Gasteiger partial charge in [0.15, 0.2) is 0 Å². The van der Waals surface area contributed by atoms with Crippen molar-refractivity contribution in [2.24, 2.45) is 5.73 Å². The predicted molar refractivity (Wildman–Crippen MR) is 91.2 cm³/mol. The third-order valence-corrected chi connectivity index (χ3v) is 4.43. The van der Waals surface area contributed by atoms with Crippen LogP contribution >= 0.6 is 0 Å². The first-order chi connectivity index (χ1) is 11.1. The van der Waals surface area contributed by atoms with Crippen LogP contribution in [0.5, 0.6) is 0 Å². The number of nitrogens with zero attached hydrogens (tertiary/aromatic N) is 1. The lowest BCUT2D eigenvalue weighted by Crippen LogP contribution is -2.40. The van der Waals surface area contributed by atoms with Crippen LogP contribution in [0.3, 0.4) is 0 Å². The molecular formula is C19H22N2O2. The zero-order valence-electron chi connectivity index (χ0n) is 13.6. The summed E-state index contributed by atoms with van der Waals surface area (Å²) in [6, 6.07) is 14.0. The highest BCUT2D eigenvalue weighted by atomic mass is 16.5. The summed E-state index contributed by atoms with van der Waals surface area (Å²) < 4.78 is 5.52. The van der Waals surface area contributed by atoms with E-state index in [1.54, 1.807) is 4.90 Å². The first-order valence-corrected chi connectivity index (χ1v) is 7.91. The molecule has 1 saturated heterocycles. The molecule has 0 saturated carbocycles. The Labute approximate surface area is 136 Å². The fourth-order valence-corrected chi connectivity index (χ4v) is 2.93. The van der Waals surface area contributed by atoms with Crippen LogP contribution in [0.15, 0.2) is 42.5 Å². The van der Waals surface area contributed by atoms with Crippen LogP contribution in [-0.4, -0.2) is 36.7 Å². The van der Waals surface area contributed by atoms with E-state index in [0.29, 0.717) is 25.3 Å². The second-order valence-corrected chi connectivity index (χ2v) is 5.90. The molecule has 3 rings (SSSR count). The maximum Gasteiger partial charge on any atom is 0.256 e. The zero-order valence-corrected chi connectivity index (χ0v) is 13.6. The Balaban J connectivity index is 2.00. The van der Waals surface area contributed by atoms with E-state index in [0.717, 1.165) is 11.1 Å². The highest BCUT2D eigenvalue weighted by molar-refractivity contribution is 6.01. The van der Waals surface area contributed by atoms with Crippen LogP contribution < -0.4 is 5.73 Å². The molecule has 120 valence electrons. The number of hydrogen-bond acceptors (Lipinski definition) is 3. The van der Waals surface area contributed by atoms with E-state index in [4.69, 9.17) is 10.5 Å². The fraction of sp³-hybridized carbons (Fsp3) is 0.316. The number of amides is 1.